The molecule has 0 radical (unpaired) electrons. The molecule has 1 nitrogen and oxygen atoms in total. The van der Waals surface area contributed by atoms with E-state index in [1.165, 1.54) is 36.4 Å². The van der Waals surface area contributed by atoms with Crippen molar-refractivity contribution < 1.29 is 9.18 Å². The summed E-state index contributed by atoms with van der Waals surface area (Å²) in [7, 11) is 0. The summed E-state index contributed by atoms with van der Waals surface area (Å²) < 4.78 is 13.9. The summed E-state index contributed by atoms with van der Waals surface area (Å²) in [6.45, 7) is 0. The number of hydrogen-bond donors (Lipinski definition) is 0. The zero-order valence-corrected chi connectivity index (χ0v) is 11.2. The minimum atomic E-state index is -0.736. The van der Waals surface area contributed by atoms with Crippen LogP contribution in [-0.2, 0) is 0 Å². The van der Waals surface area contributed by atoms with Crippen molar-refractivity contribution in [2.24, 2.45) is 0 Å². The summed E-state index contributed by atoms with van der Waals surface area (Å²) in [4.78, 5) is 11.3. The van der Waals surface area contributed by atoms with Gasteiger partial charge in [-0.2, -0.15) is 0 Å². The van der Waals surface area contributed by atoms with Gasteiger partial charge < -0.3 is 0 Å². The van der Waals surface area contributed by atoms with E-state index >= 15 is 0 Å². The van der Waals surface area contributed by atoms with Gasteiger partial charge in [-0.05, 0) is 47.5 Å². The van der Waals surface area contributed by atoms with Crippen molar-refractivity contribution in [2.45, 2.75) is 0 Å². The Morgan fingerprint density at radius 3 is 2.22 bits per heavy atom. The Morgan fingerprint density at radius 1 is 1.06 bits per heavy atom. The molecule has 0 N–H and O–H groups in total. The van der Waals surface area contributed by atoms with E-state index < -0.39 is 11.1 Å². The van der Waals surface area contributed by atoms with Crippen molar-refractivity contribution >= 4 is 40.0 Å². The van der Waals surface area contributed by atoms with Gasteiger partial charge in [-0.3, -0.25) is 4.79 Å². The normalized spacial score (nSPS) is 10.4. The lowest BCUT2D eigenvalue weighted by molar-refractivity contribution is 0.108. The first kappa shape index (κ1) is 13.3. The Bertz CT molecular complexity index is 605. The fourth-order valence-corrected chi connectivity index (χ4v) is 2.36. The molecular formula is C13H6Cl3FO. The van der Waals surface area contributed by atoms with Crippen molar-refractivity contribution in [1.82, 2.24) is 0 Å². The summed E-state index contributed by atoms with van der Waals surface area (Å²) in [6.07, 6.45) is 0. The number of carbonyl (C=O) groups excluding carboxylic acids is 1. The smallest absolute Gasteiger partial charge is 0.253 e. The number of benzene rings is 2. The van der Waals surface area contributed by atoms with Crippen LogP contribution in [0.3, 0.4) is 0 Å². The van der Waals surface area contributed by atoms with Crippen LogP contribution in [0, 0.1) is 5.82 Å². The van der Waals surface area contributed by atoms with Gasteiger partial charge in [0.05, 0.1) is 0 Å². The van der Waals surface area contributed by atoms with Crippen molar-refractivity contribution in [3.05, 3.63) is 57.8 Å². The van der Waals surface area contributed by atoms with E-state index in [9.17, 15) is 9.18 Å². The highest BCUT2D eigenvalue weighted by Crippen LogP contribution is 2.32. The van der Waals surface area contributed by atoms with Crippen LogP contribution in [0.15, 0.2) is 36.4 Å². The van der Waals surface area contributed by atoms with Gasteiger partial charge in [-0.1, -0.05) is 29.3 Å². The molecule has 0 atom stereocenters. The van der Waals surface area contributed by atoms with E-state index in [0.29, 0.717) is 15.6 Å². The van der Waals surface area contributed by atoms with Crippen LogP contribution in [0.2, 0.25) is 10.0 Å². The molecule has 0 amide bonds. The molecule has 0 aliphatic carbocycles. The Morgan fingerprint density at radius 2 is 1.67 bits per heavy atom. The van der Waals surface area contributed by atoms with Gasteiger partial charge >= 0.3 is 0 Å². The largest absolute Gasteiger partial charge is 0.276 e. The molecule has 2 rings (SSSR count). The third-order valence-electron chi connectivity index (χ3n) is 2.38. The SMILES string of the molecule is O=C(Cl)c1cccc(F)c1-c1cc(Cl)cc(Cl)c1. The molecule has 0 aliphatic heterocycles. The third-order valence-corrected chi connectivity index (χ3v) is 3.02. The minimum absolute atomic E-state index is 0.0787. The van der Waals surface area contributed by atoms with E-state index in [2.05, 4.69) is 0 Å². The average molecular weight is 304 g/mol. The maximum absolute atomic E-state index is 13.9. The van der Waals surface area contributed by atoms with Gasteiger partial charge in [-0.25, -0.2) is 4.39 Å². The van der Waals surface area contributed by atoms with Gasteiger partial charge in [0.1, 0.15) is 5.82 Å². The zero-order valence-electron chi connectivity index (χ0n) is 8.88. The summed E-state index contributed by atoms with van der Waals surface area (Å²) in [5.74, 6) is -0.556. The first-order valence-corrected chi connectivity index (χ1v) is 6.07. The second-order valence-corrected chi connectivity index (χ2v) is 4.81. The van der Waals surface area contributed by atoms with Crippen molar-refractivity contribution in [3.63, 3.8) is 0 Å². The van der Waals surface area contributed by atoms with Gasteiger partial charge in [-0.15, -0.1) is 0 Å². The molecule has 0 aliphatic rings. The lowest BCUT2D eigenvalue weighted by Gasteiger charge is -2.08. The molecule has 2 aromatic rings. The number of rotatable bonds is 2. The third kappa shape index (κ3) is 2.66. The predicted molar refractivity (Wildman–Crippen MR) is 72.0 cm³/mol. The lowest BCUT2D eigenvalue weighted by atomic mass is 10.00. The molecular weight excluding hydrogens is 297 g/mol. The van der Waals surface area contributed by atoms with Gasteiger partial charge in [0, 0.05) is 21.2 Å². The first-order chi connectivity index (χ1) is 8.49. The van der Waals surface area contributed by atoms with E-state index in [-0.39, 0.29) is 11.1 Å². The summed E-state index contributed by atoms with van der Waals surface area (Å²) >= 11 is 17.2. The molecule has 0 fully saturated rings. The van der Waals surface area contributed by atoms with Crippen molar-refractivity contribution in [1.29, 1.82) is 0 Å². The van der Waals surface area contributed by atoms with Crippen LogP contribution in [-0.4, -0.2) is 5.24 Å². The molecule has 0 saturated heterocycles. The Labute approximate surface area is 118 Å². The fraction of sp³-hybridized carbons (Fsp3) is 0. The standard InChI is InChI=1S/C13H6Cl3FO/c14-8-4-7(5-9(15)6-8)12-10(13(16)18)2-1-3-11(12)17/h1-6H. The molecule has 0 spiro atoms. The topological polar surface area (TPSA) is 17.1 Å². The quantitative estimate of drug-likeness (QED) is 0.699. The van der Waals surface area contributed by atoms with E-state index in [0.717, 1.165) is 0 Å². The Balaban J connectivity index is 2.73. The molecule has 0 saturated carbocycles. The molecule has 0 aromatic heterocycles. The van der Waals surface area contributed by atoms with Crippen molar-refractivity contribution in [3.8, 4) is 11.1 Å². The van der Waals surface area contributed by atoms with Crippen molar-refractivity contribution in [2.75, 3.05) is 0 Å². The highest BCUT2D eigenvalue weighted by molar-refractivity contribution is 6.68. The fourth-order valence-electron chi connectivity index (χ4n) is 1.68. The molecule has 5 heteroatoms. The molecule has 0 heterocycles. The van der Waals surface area contributed by atoms with Crippen LogP contribution in [0.4, 0.5) is 4.39 Å². The molecule has 0 unspecified atom stereocenters. The van der Waals surface area contributed by atoms with E-state index in [4.69, 9.17) is 34.8 Å². The maximum atomic E-state index is 13.9. The Kier molecular flexibility index (Phi) is 3.91. The molecule has 0 bridgehead atoms. The second kappa shape index (κ2) is 5.27. The average Bonchev–Trinajstić information content (AvgIpc) is 2.26. The van der Waals surface area contributed by atoms with E-state index in [1.807, 2.05) is 0 Å². The number of carbonyl (C=O) groups is 1. The van der Waals surface area contributed by atoms with Gasteiger partial charge in [0.25, 0.3) is 5.24 Å². The highest BCUT2D eigenvalue weighted by Gasteiger charge is 2.16. The monoisotopic (exact) mass is 302 g/mol. The van der Waals surface area contributed by atoms with E-state index in [1.54, 1.807) is 0 Å². The highest BCUT2D eigenvalue weighted by atomic mass is 35.5. The number of halogens is 4. The second-order valence-electron chi connectivity index (χ2n) is 3.59. The Hall–Kier alpha value is -1.09. The number of hydrogen-bond acceptors (Lipinski definition) is 1. The molecule has 92 valence electrons. The van der Waals surface area contributed by atoms with Crippen LogP contribution in [0.5, 0.6) is 0 Å². The summed E-state index contributed by atoms with van der Waals surface area (Å²) in [6, 6.07) is 8.68. The van der Waals surface area contributed by atoms with Crippen LogP contribution in [0.1, 0.15) is 10.4 Å². The molecule has 2 aromatic carbocycles. The van der Waals surface area contributed by atoms with Crippen LogP contribution < -0.4 is 0 Å². The predicted octanol–water partition coefficient (Wildman–Crippen LogP) is 5.18. The zero-order chi connectivity index (χ0) is 13.3. The van der Waals surface area contributed by atoms with Gasteiger partial charge in [0.15, 0.2) is 0 Å². The van der Waals surface area contributed by atoms with Crippen LogP contribution in [0.25, 0.3) is 11.1 Å². The van der Waals surface area contributed by atoms with Gasteiger partial charge in [0.2, 0.25) is 0 Å². The maximum Gasteiger partial charge on any atom is 0.253 e. The summed E-state index contributed by atoms with van der Waals surface area (Å²) in [5.41, 5.74) is 0.589. The van der Waals surface area contributed by atoms with Crippen LogP contribution >= 0.6 is 34.8 Å². The molecule has 18 heavy (non-hydrogen) atoms. The summed E-state index contributed by atoms with van der Waals surface area (Å²) in [5, 5.41) is -0.0250. The lowest BCUT2D eigenvalue weighted by Crippen LogP contribution is -1.96. The minimum Gasteiger partial charge on any atom is -0.276 e. The first-order valence-electron chi connectivity index (χ1n) is 4.94.